The quantitative estimate of drug-likeness (QED) is 0.316. The van der Waals surface area contributed by atoms with Crippen molar-refractivity contribution in [2.75, 3.05) is 33.8 Å². The molecule has 2 bridgehead atoms. The van der Waals surface area contributed by atoms with Gasteiger partial charge < -0.3 is 44.5 Å². The number of likely N-dealkylation sites (N-methyl/N-ethyl adjacent to an activating group) is 1. The number of phenols is 1. The summed E-state index contributed by atoms with van der Waals surface area (Å²) in [6.07, 6.45) is 1.51. The van der Waals surface area contributed by atoms with Gasteiger partial charge in [0.25, 0.3) is 0 Å². The van der Waals surface area contributed by atoms with Gasteiger partial charge in [-0.2, -0.15) is 0 Å². The molecule has 10 atom stereocenters. The summed E-state index contributed by atoms with van der Waals surface area (Å²) in [6.45, 7) is 4.29. The number of aliphatic hydroxyl groups is 2. The average Bonchev–Trinajstić information content (AvgIpc) is 3.23. The highest BCUT2D eigenvalue weighted by atomic mass is 16.7. The second-order valence-electron chi connectivity index (χ2n) is 11.0. The Morgan fingerprint density at radius 3 is 2.83 bits per heavy atom. The van der Waals surface area contributed by atoms with E-state index < -0.39 is 36.8 Å². The molecule has 198 valence electrons. The van der Waals surface area contributed by atoms with Crippen LogP contribution in [0.25, 0.3) is 0 Å². The lowest BCUT2D eigenvalue weighted by Crippen LogP contribution is -2.66. The van der Waals surface area contributed by atoms with Gasteiger partial charge in [-0.05, 0) is 51.0 Å². The van der Waals surface area contributed by atoms with Crippen LogP contribution >= 0.6 is 0 Å². The number of likely N-dealkylation sites (tertiary alicyclic amines) is 1. The van der Waals surface area contributed by atoms with Crippen molar-refractivity contribution in [3.05, 3.63) is 35.4 Å². The van der Waals surface area contributed by atoms with E-state index in [1.807, 2.05) is 12.1 Å². The fourth-order valence-corrected chi connectivity index (χ4v) is 7.39. The number of aliphatic hydroxyl groups excluding tert-OH is 2. The molecule has 1 aromatic carbocycles. The standard InChI is InChI=1S/C27H38N2O7/c1-4-10-28-13-19-24(33-3)21(31)22(32)26(35-19)34-18-8-6-15-16-12-14-5-7-17(30)23-20(14)27(15,25(18)36-23)9-11-29(16)2/h5-8,15-16,18-19,21-22,24-26,28,30-32H,4,9-13H2,1-3H3/t15?,16-,18+,19?,21?,22?,24-,25+,26-,27+/m1/s1. The van der Waals surface area contributed by atoms with Crippen LogP contribution in [0.1, 0.15) is 30.9 Å². The fourth-order valence-electron chi connectivity index (χ4n) is 7.39. The van der Waals surface area contributed by atoms with E-state index in [0.29, 0.717) is 18.3 Å². The van der Waals surface area contributed by atoms with Gasteiger partial charge in [-0.3, -0.25) is 0 Å². The highest BCUT2D eigenvalue weighted by Crippen LogP contribution is 2.62. The average molecular weight is 503 g/mol. The van der Waals surface area contributed by atoms with E-state index in [4.69, 9.17) is 18.9 Å². The van der Waals surface area contributed by atoms with Gasteiger partial charge in [0.2, 0.25) is 0 Å². The number of phenolic OH excluding ortho intramolecular Hbond substituents is 1. The maximum absolute atomic E-state index is 10.9. The van der Waals surface area contributed by atoms with Gasteiger partial charge in [-0.1, -0.05) is 25.1 Å². The van der Waals surface area contributed by atoms with Crippen molar-refractivity contribution in [1.82, 2.24) is 10.2 Å². The summed E-state index contributed by atoms with van der Waals surface area (Å²) in [7, 11) is 3.69. The molecule has 4 unspecified atom stereocenters. The summed E-state index contributed by atoms with van der Waals surface area (Å²) < 4.78 is 24.6. The van der Waals surface area contributed by atoms with Crippen LogP contribution < -0.4 is 10.1 Å². The van der Waals surface area contributed by atoms with Crippen molar-refractivity contribution in [3.63, 3.8) is 0 Å². The molecule has 36 heavy (non-hydrogen) atoms. The van der Waals surface area contributed by atoms with Crippen LogP contribution in [0.15, 0.2) is 24.3 Å². The normalized spacial score (nSPS) is 42.8. The topological polar surface area (TPSA) is 113 Å². The van der Waals surface area contributed by atoms with Crippen molar-refractivity contribution >= 4 is 0 Å². The fraction of sp³-hybridized carbons (Fsp3) is 0.704. The number of hydrogen-bond acceptors (Lipinski definition) is 9. The van der Waals surface area contributed by atoms with Gasteiger partial charge >= 0.3 is 0 Å². The van der Waals surface area contributed by atoms with E-state index in [1.165, 1.54) is 12.7 Å². The van der Waals surface area contributed by atoms with Crippen molar-refractivity contribution in [2.24, 2.45) is 5.92 Å². The van der Waals surface area contributed by atoms with Crippen LogP contribution in [0.4, 0.5) is 0 Å². The second kappa shape index (κ2) is 9.23. The van der Waals surface area contributed by atoms with Crippen LogP contribution in [0.5, 0.6) is 11.5 Å². The zero-order valence-corrected chi connectivity index (χ0v) is 21.2. The molecule has 1 aromatic rings. The number of benzene rings is 1. The number of nitrogens with one attached hydrogen (secondary N) is 1. The largest absolute Gasteiger partial charge is 0.504 e. The number of aromatic hydroxyl groups is 1. The minimum Gasteiger partial charge on any atom is -0.504 e. The Morgan fingerprint density at radius 1 is 1.22 bits per heavy atom. The smallest absolute Gasteiger partial charge is 0.187 e. The number of piperidine rings is 1. The van der Waals surface area contributed by atoms with Gasteiger partial charge in [0.15, 0.2) is 17.8 Å². The highest BCUT2D eigenvalue weighted by Gasteiger charge is 2.65. The molecule has 4 N–H and O–H groups in total. The van der Waals surface area contributed by atoms with E-state index >= 15 is 0 Å². The number of methoxy groups -OCH3 is 1. The van der Waals surface area contributed by atoms with E-state index in [2.05, 4.69) is 30.3 Å². The molecule has 0 amide bonds. The first-order valence-corrected chi connectivity index (χ1v) is 13.2. The Hall–Kier alpha value is -1.72. The van der Waals surface area contributed by atoms with Gasteiger partial charge in [0, 0.05) is 36.6 Å². The van der Waals surface area contributed by atoms with Gasteiger partial charge in [0.05, 0.1) is 0 Å². The van der Waals surface area contributed by atoms with Crippen LogP contribution in [-0.2, 0) is 26.0 Å². The van der Waals surface area contributed by atoms with Crippen LogP contribution in [0, 0.1) is 5.92 Å². The first-order chi connectivity index (χ1) is 17.4. The Kier molecular flexibility index (Phi) is 6.31. The number of rotatable bonds is 7. The second-order valence-corrected chi connectivity index (χ2v) is 11.0. The van der Waals surface area contributed by atoms with Crippen molar-refractivity contribution in [2.45, 2.75) is 80.6 Å². The SMILES string of the molecule is CCCNCC1O[C@@H](O[C@H]2C=CC3[C@H]4Cc5ccc(O)c6c5[C@@]3(CCN4C)[C@H]2O6)C(O)C(O)[C@@H]1OC. The predicted molar refractivity (Wildman–Crippen MR) is 131 cm³/mol. The molecule has 5 aliphatic rings. The minimum absolute atomic E-state index is 0.154. The monoisotopic (exact) mass is 502 g/mol. The first kappa shape index (κ1) is 24.6. The van der Waals surface area contributed by atoms with Crippen molar-refractivity contribution in [1.29, 1.82) is 0 Å². The van der Waals surface area contributed by atoms with Crippen LogP contribution in [-0.4, -0.2) is 103 Å². The maximum atomic E-state index is 10.9. The zero-order valence-electron chi connectivity index (χ0n) is 21.2. The molecule has 2 saturated heterocycles. The third kappa shape index (κ3) is 3.48. The maximum Gasteiger partial charge on any atom is 0.187 e. The lowest BCUT2D eigenvalue weighted by atomic mass is 9.53. The Bertz CT molecular complexity index is 1020. The summed E-state index contributed by atoms with van der Waals surface area (Å²) in [5.74, 6) is 0.958. The minimum atomic E-state index is -1.27. The van der Waals surface area contributed by atoms with Crippen molar-refractivity contribution in [3.8, 4) is 11.5 Å². The predicted octanol–water partition coefficient (Wildman–Crippen LogP) is 0.684. The van der Waals surface area contributed by atoms with Crippen molar-refractivity contribution < 1.29 is 34.3 Å². The Balaban J connectivity index is 1.31. The summed E-state index contributed by atoms with van der Waals surface area (Å²) in [4.78, 5) is 2.43. The Labute approximate surface area is 212 Å². The van der Waals surface area contributed by atoms with E-state index in [1.54, 1.807) is 6.07 Å². The van der Waals surface area contributed by atoms with E-state index in [-0.39, 0.29) is 23.2 Å². The molecule has 0 radical (unpaired) electrons. The molecular weight excluding hydrogens is 464 g/mol. The summed E-state index contributed by atoms with van der Waals surface area (Å²) in [6, 6.07) is 4.10. The van der Waals surface area contributed by atoms with Crippen LogP contribution in [0.3, 0.4) is 0 Å². The van der Waals surface area contributed by atoms with Gasteiger partial charge in [0.1, 0.15) is 36.6 Å². The zero-order chi connectivity index (χ0) is 25.2. The van der Waals surface area contributed by atoms with E-state index in [0.717, 1.165) is 37.9 Å². The number of nitrogens with zero attached hydrogens (tertiary/aromatic N) is 1. The molecule has 0 saturated carbocycles. The number of ether oxygens (including phenoxy) is 4. The molecule has 3 heterocycles. The summed E-state index contributed by atoms with van der Waals surface area (Å²) in [5.41, 5.74) is 2.03. The summed E-state index contributed by atoms with van der Waals surface area (Å²) in [5, 5.41) is 35.8. The molecular formula is C27H38N2O7. The lowest BCUT2D eigenvalue weighted by molar-refractivity contribution is -0.312. The summed E-state index contributed by atoms with van der Waals surface area (Å²) >= 11 is 0. The molecule has 2 fully saturated rings. The van der Waals surface area contributed by atoms with E-state index in [9.17, 15) is 15.3 Å². The number of hydrogen-bond donors (Lipinski definition) is 4. The molecule has 2 aliphatic carbocycles. The Morgan fingerprint density at radius 2 is 2.06 bits per heavy atom. The third-order valence-electron chi connectivity index (χ3n) is 9.11. The highest BCUT2D eigenvalue weighted by molar-refractivity contribution is 5.61. The molecule has 3 aliphatic heterocycles. The van der Waals surface area contributed by atoms with Crippen LogP contribution in [0.2, 0.25) is 0 Å². The molecule has 9 nitrogen and oxygen atoms in total. The lowest BCUT2D eigenvalue weighted by Gasteiger charge is -2.57. The third-order valence-corrected chi connectivity index (χ3v) is 9.11. The molecule has 6 rings (SSSR count). The molecule has 1 spiro atoms. The molecule has 0 aromatic heterocycles. The molecule has 9 heteroatoms. The van der Waals surface area contributed by atoms with Gasteiger partial charge in [-0.25, -0.2) is 0 Å². The first-order valence-electron chi connectivity index (χ1n) is 13.2. The van der Waals surface area contributed by atoms with Gasteiger partial charge in [-0.15, -0.1) is 0 Å².